The quantitative estimate of drug-likeness (QED) is 0.211. The van der Waals surface area contributed by atoms with E-state index in [9.17, 15) is 0 Å². The molecule has 0 amide bonds. The fourth-order valence-corrected chi connectivity index (χ4v) is 13.6. The molecule has 0 N–H and O–H groups in total. The highest BCUT2D eigenvalue weighted by Gasteiger charge is 2.55. The van der Waals surface area contributed by atoms with Crippen LogP contribution in [0, 0.1) is 35.5 Å². The zero-order valence-corrected chi connectivity index (χ0v) is 35.2. The molecule has 4 unspecified atom stereocenters. The predicted octanol–water partition coefficient (Wildman–Crippen LogP) is 4.71. The van der Waals surface area contributed by atoms with E-state index in [1.807, 2.05) is 8.47 Å². The van der Waals surface area contributed by atoms with Gasteiger partial charge in [0, 0.05) is 62.8 Å². The summed E-state index contributed by atoms with van der Waals surface area (Å²) in [5.74, 6) is 4.10. The highest BCUT2D eigenvalue weighted by atomic mass is 28.4. The number of fused-ring (bicyclic) bond motifs is 14. The Bertz CT molecular complexity index is 2870. The van der Waals surface area contributed by atoms with Gasteiger partial charge in [0.25, 0.3) is 0 Å². The lowest BCUT2D eigenvalue weighted by atomic mass is 9.74. The number of aromatic nitrogens is 10. The predicted molar refractivity (Wildman–Crippen MR) is 227 cm³/mol. The Balaban J connectivity index is 1.28. The smallest absolute Gasteiger partial charge is 0.361 e. The Hall–Kier alpha value is -6.18. The summed E-state index contributed by atoms with van der Waals surface area (Å²) < 4.78 is 19.7. The molecule has 2 saturated carbocycles. The van der Waals surface area contributed by atoms with Gasteiger partial charge in [-0.3, -0.25) is 8.47 Å². The molecule has 4 atom stereocenters. The third-order valence-corrected chi connectivity index (χ3v) is 16.7. The number of rotatable bonds is 6. The van der Waals surface area contributed by atoms with E-state index in [0.29, 0.717) is 128 Å². The highest BCUT2D eigenvalue weighted by Crippen LogP contribution is 2.44. The van der Waals surface area contributed by atoms with Gasteiger partial charge in [-0.2, -0.15) is 0 Å². The summed E-state index contributed by atoms with van der Waals surface area (Å²) >= 11 is 0. The Morgan fingerprint density at radius 2 is 0.787 bits per heavy atom. The molecule has 12 rings (SSSR count). The fraction of sp³-hybridized carbons (Fsp3) is 0.429. The van der Waals surface area contributed by atoms with Gasteiger partial charge in [0.05, 0.1) is 0 Å². The van der Waals surface area contributed by atoms with Crippen LogP contribution in [0.15, 0.2) is 79.5 Å². The molecular formula is C42H42N16O2Si. The van der Waals surface area contributed by atoms with Gasteiger partial charge < -0.3 is 8.85 Å². The molecule has 61 heavy (non-hydrogen) atoms. The summed E-state index contributed by atoms with van der Waals surface area (Å²) in [5, 5.41) is 0. The topological polar surface area (TPSA) is 206 Å². The van der Waals surface area contributed by atoms with Crippen molar-refractivity contribution in [1.29, 1.82) is 0 Å². The molecule has 306 valence electrons. The van der Waals surface area contributed by atoms with Crippen molar-refractivity contribution in [3.8, 4) is 0 Å². The van der Waals surface area contributed by atoms with Gasteiger partial charge in [-0.1, -0.05) is 66.2 Å². The first-order chi connectivity index (χ1) is 29.9. The van der Waals surface area contributed by atoms with Crippen LogP contribution in [0.1, 0.15) is 89.0 Å². The van der Waals surface area contributed by atoms with Crippen molar-refractivity contribution in [3.05, 3.63) is 83.3 Å². The first-order valence-electron chi connectivity index (χ1n) is 21.3. The van der Waals surface area contributed by atoms with Crippen LogP contribution in [0.5, 0.6) is 0 Å². The maximum Gasteiger partial charge on any atom is 0.603 e. The van der Waals surface area contributed by atoms with Crippen molar-refractivity contribution in [3.63, 3.8) is 0 Å². The molecular weight excluding hydrogens is 789 g/mol. The largest absolute Gasteiger partial charge is 0.603 e. The highest BCUT2D eigenvalue weighted by molar-refractivity contribution is 6.66. The normalized spacial score (nSPS) is 30.1. The average molecular weight is 831 g/mol. The first kappa shape index (κ1) is 36.7. The third-order valence-electron chi connectivity index (χ3n) is 13.7. The van der Waals surface area contributed by atoms with Gasteiger partial charge in [0.1, 0.15) is 44.8 Å². The van der Waals surface area contributed by atoms with Gasteiger partial charge in [-0.25, -0.2) is 69.8 Å². The lowest BCUT2D eigenvalue weighted by Crippen LogP contribution is -2.65. The van der Waals surface area contributed by atoms with Crippen molar-refractivity contribution in [2.24, 2.45) is 65.5 Å². The summed E-state index contributed by atoms with van der Waals surface area (Å²) in [6, 6.07) is 0. The molecule has 0 radical (unpaired) electrons. The standard InChI is InChI=1S/C42H42N16O2Si/c1-21-7-5-8-22(2)25(21)19-59-61(60-20-26-23(3)9-6-10-24(26)4)57-39-31-32(48-16-15-47-31)41(57)55-37-29-30(46-14-13-45-29)38(52-37)56-42-34-33(49-17-18-50-34)40(58(42)61)54-36-28-27(35(51-36)53-39)43-11-12-44-28/h11-18,21-26H,5-10,19-20H2,1-4H3/b53-35-,53-39?,54-36?,54-40-,55-37-,55-41?,56-38?,56-42-. The molecule has 6 aromatic heterocycles. The van der Waals surface area contributed by atoms with Crippen LogP contribution in [-0.4, -0.2) is 93.8 Å². The van der Waals surface area contributed by atoms with E-state index in [-0.39, 0.29) is 11.8 Å². The monoisotopic (exact) mass is 830 g/mol. The summed E-state index contributed by atoms with van der Waals surface area (Å²) in [7, 11) is -4.42. The molecule has 18 nitrogen and oxygen atoms in total. The summed E-state index contributed by atoms with van der Waals surface area (Å²) in [6.07, 6.45) is 19.9. The number of hydrogen-bond donors (Lipinski definition) is 0. The molecule has 4 aliphatic heterocycles. The van der Waals surface area contributed by atoms with E-state index in [1.165, 1.54) is 12.8 Å². The van der Waals surface area contributed by atoms with Crippen LogP contribution in [0.2, 0.25) is 0 Å². The Morgan fingerprint density at radius 3 is 1.18 bits per heavy atom. The van der Waals surface area contributed by atoms with E-state index in [2.05, 4.69) is 27.7 Å². The molecule has 0 saturated heterocycles. The molecule has 0 aromatic carbocycles. The molecule has 0 spiro atoms. The minimum Gasteiger partial charge on any atom is -0.361 e. The molecule has 6 bridgehead atoms. The number of amidine groups is 4. The van der Waals surface area contributed by atoms with Gasteiger partial charge in [0.2, 0.25) is 0 Å². The molecule has 10 heterocycles. The maximum absolute atomic E-state index is 7.88. The summed E-state index contributed by atoms with van der Waals surface area (Å²) in [4.78, 5) is 70.3. The molecule has 19 heteroatoms. The van der Waals surface area contributed by atoms with Crippen LogP contribution in [0.4, 0.5) is 11.6 Å². The van der Waals surface area contributed by atoms with E-state index < -0.39 is 8.88 Å². The van der Waals surface area contributed by atoms with Gasteiger partial charge in [-0.15, -0.1) is 0 Å². The van der Waals surface area contributed by atoms with Crippen LogP contribution >= 0.6 is 0 Å². The first-order valence-corrected chi connectivity index (χ1v) is 23.0. The number of hydrogen-bond acceptors (Lipinski definition) is 16. The zero-order chi connectivity index (χ0) is 41.0. The van der Waals surface area contributed by atoms with Crippen LogP contribution in [0.25, 0.3) is 22.1 Å². The Morgan fingerprint density at radius 1 is 0.443 bits per heavy atom. The zero-order valence-electron chi connectivity index (χ0n) is 34.2. The van der Waals surface area contributed by atoms with E-state index in [4.69, 9.17) is 78.7 Å². The van der Waals surface area contributed by atoms with Crippen LogP contribution in [-0.2, 0) is 8.85 Å². The lowest BCUT2D eigenvalue weighted by Gasteiger charge is -2.40. The van der Waals surface area contributed by atoms with Gasteiger partial charge in [0.15, 0.2) is 46.0 Å². The number of nitrogens with zero attached hydrogens (tertiary/aromatic N) is 16. The second kappa shape index (κ2) is 13.9. The summed E-state index contributed by atoms with van der Waals surface area (Å²) in [5.41, 5.74) is 4.55. The van der Waals surface area contributed by atoms with E-state index in [1.54, 1.807) is 49.6 Å². The van der Waals surface area contributed by atoms with Crippen molar-refractivity contribution in [1.82, 2.24) is 48.3 Å². The molecule has 2 fully saturated rings. The third kappa shape index (κ3) is 5.52. The van der Waals surface area contributed by atoms with Crippen molar-refractivity contribution >= 4 is 65.9 Å². The Labute approximate surface area is 350 Å². The number of aliphatic imine (C=N–C) groups is 4. The fourth-order valence-electron chi connectivity index (χ4n) is 10.3. The minimum absolute atomic E-state index is 0.224. The molecule has 6 aliphatic rings. The van der Waals surface area contributed by atoms with Crippen molar-refractivity contribution < 1.29 is 8.85 Å². The van der Waals surface area contributed by atoms with E-state index >= 15 is 0 Å². The van der Waals surface area contributed by atoms with E-state index in [0.717, 1.165) is 25.7 Å². The van der Waals surface area contributed by atoms with Crippen molar-refractivity contribution in [2.75, 3.05) is 13.2 Å². The summed E-state index contributed by atoms with van der Waals surface area (Å²) in [6.45, 7) is 10.1. The van der Waals surface area contributed by atoms with Crippen LogP contribution < -0.4 is 11.0 Å². The second-order valence-corrected chi connectivity index (χ2v) is 19.8. The minimum atomic E-state index is -4.42. The SMILES string of the molecule is CC1CCCC(C)C1CO[Si]1(OCC2C(C)CCCC2C)n2c3c4nccnc4c2/N=C2N=C(/N=c4/c5nccnc5/c(n41)=N/C1=NC(=N\3)/c3nccnc31)c1nccnc1\2. The maximum atomic E-state index is 7.88. The molecule has 6 aromatic rings. The second-order valence-electron chi connectivity index (χ2n) is 17.2. The van der Waals surface area contributed by atoms with Gasteiger partial charge >= 0.3 is 8.88 Å². The Kier molecular flexibility index (Phi) is 8.37. The van der Waals surface area contributed by atoms with Crippen LogP contribution in [0.3, 0.4) is 0 Å². The lowest BCUT2D eigenvalue weighted by molar-refractivity contribution is 0.0420. The van der Waals surface area contributed by atoms with Crippen molar-refractivity contribution in [2.45, 2.75) is 66.2 Å². The van der Waals surface area contributed by atoms with Gasteiger partial charge in [-0.05, 0) is 35.5 Å². The molecule has 2 aliphatic carbocycles. The average Bonchev–Trinajstić information content (AvgIpc) is 3.99.